The van der Waals surface area contributed by atoms with Gasteiger partial charge in [-0.05, 0) is 56.4 Å². The monoisotopic (exact) mass is 211 g/mol. The number of nitrogens with one attached hydrogen (secondary N) is 1. The van der Waals surface area contributed by atoms with Gasteiger partial charge in [0.1, 0.15) is 0 Å². The maximum atomic E-state index is 9.65. The zero-order valence-electron chi connectivity index (χ0n) is 10.1. The first-order chi connectivity index (χ1) is 7.13. The third-order valence-corrected chi connectivity index (χ3v) is 4.05. The quantitative estimate of drug-likeness (QED) is 0.747. The van der Waals surface area contributed by atoms with E-state index in [1.54, 1.807) is 0 Å². The largest absolute Gasteiger partial charge is 0.394 e. The molecule has 2 rings (SSSR count). The van der Waals surface area contributed by atoms with Gasteiger partial charge < -0.3 is 10.4 Å². The molecular formula is C13H25NO. The van der Waals surface area contributed by atoms with Gasteiger partial charge in [-0.3, -0.25) is 0 Å². The molecule has 2 N–H and O–H groups in total. The number of hydrogen-bond acceptors (Lipinski definition) is 2. The lowest BCUT2D eigenvalue weighted by molar-refractivity contribution is 0.0750. The highest BCUT2D eigenvalue weighted by molar-refractivity contribution is 4.95. The SMILES string of the molecule is CC1CC(C)CC(CO)(NCC2CC2)C1. The zero-order valence-corrected chi connectivity index (χ0v) is 10.1. The summed E-state index contributed by atoms with van der Waals surface area (Å²) in [5.41, 5.74) is 0.0413. The number of aliphatic hydroxyl groups is 1. The topological polar surface area (TPSA) is 32.3 Å². The van der Waals surface area contributed by atoms with Gasteiger partial charge >= 0.3 is 0 Å². The molecule has 2 heteroatoms. The second kappa shape index (κ2) is 4.42. The predicted molar refractivity (Wildman–Crippen MR) is 62.7 cm³/mol. The third kappa shape index (κ3) is 2.94. The summed E-state index contributed by atoms with van der Waals surface area (Å²) < 4.78 is 0. The normalized spacial score (nSPS) is 41.8. The number of aliphatic hydroxyl groups excluding tert-OH is 1. The maximum absolute atomic E-state index is 9.65. The highest BCUT2D eigenvalue weighted by Crippen LogP contribution is 2.37. The molecule has 0 amide bonds. The van der Waals surface area contributed by atoms with E-state index in [9.17, 15) is 5.11 Å². The molecule has 0 aromatic carbocycles. The molecule has 0 spiro atoms. The van der Waals surface area contributed by atoms with Crippen LogP contribution in [0.5, 0.6) is 0 Å². The zero-order chi connectivity index (χ0) is 10.9. The highest BCUT2D eigenvalue weighted by Gasteiger charge is 2.38. The van der Waals surface area contributed by atoms with E-state index in [0.29, 0.717) is 6.61 Å². The lowest BCUT2D eigenvalue weighted by Crippen LogP contribution is -2.53. The van der Waals surface area contributed by atoms with Crippen LogP contribution >= 0.6 is 0 Å². The van der Waals surface area contributed by atoms with E-state index in [2.05, 4.69) is 19.2 Å². The standard InChI is InChI=1S/C13H25NO/c1-10-5-11(2)7-13(6-10,9-15)14-8-12-3-4-12/h10-12,14-15H,3-9H2,1-2H3. The molecule has 0 aliphatic heterocycles. The van der Waals surface area contributed by atoms with Gasteiger partial charge in [-0.2, -0.15) is 0 Å². The average molecular weight is 211 g/mol. The van der Waals surface area contributed by atoms with Crippen molar-refractivity contribution in [2.24, 2.45) is 17.8 Å². The van der Waals surface area contributed by atoms with Crippen LogP contribution in [0.25, 0.3) is 0 Å². The molecule has 0 bridgehead atoms. The van der Waals surface area contributed by atoms with Gasteiger partial charge in [-0.15, -0.1) is 0 Å². The minimum atomic E-state index is 0.0413. The summed E-state index contributed by atoms with van der Waals surface area (Å²) in [5, 5.41) is 13.3. The molecule has 2 fully saturated rings. The van der Waals surface area contributed by atoms with Crippen LogP contribution in [-0.4, -0.2) is 23.8 Å². The Labute approximate surface area is 93.5 Å². The lowest BCUT2D eigenvalue weighted by atomic mass is 9.72. The Morgan fingerprint density at radius 1 is 1.20 bits per heavy atom. The first-order valence-electron chi connectivity index (χ1n) is 6.49. The van der Waals surface area contributed by atoms with Gasteiger partial charge in [0.25, 0.3) is 0 Å². The van der Waals surface area contributed by atoms with Gasteiger partial charge in [0, 0.05) is 5.54 Å². The van der Waals surface area contributed by atoms with Crippen molar-refractivity contribution in [1.82, 2.24) is 5.32 Å². The Morgan fingerprint density at radius 3 is 2.27 bits per heavy atom. The van der Waals surface area contributed by atoms with Crippen LogP contribution in [0.15, 0.2) is 0 Å². The Kier molecular flexibility index (Phi) is 3.36. The molecule has 0 heterocycles. The van der Waals surface area contributed by atoms with Crippen LogP contribution in [-0.2, 0) is 0 Å². The summed E-state index contributed by atoms with van der Waals surface area (Å²) in [6.45, 7) is 6.08. The van der Waals surface area contributed by atoms with Gasteiger partial charge in [0.15, 0.2) is 0 Å². The van der Waals surface area contributed by atoms with E-state index < -0.39 is 0 Å². The average Bonchev–Trinajstić information content (AvgIpc) is 2.97. The van der Waals surface area contributed by atoms with Gasteiger partial charge in [-0.1, -0.05) is 13.8 Å². The Hall–Kier alpha value is -0.0800. The third-order valence-electron chi connectivity index (χ3n) is 4.05. The molecule has 0 aromatic heterocycles. The predicted octanol–water partition coefficient (Wildman–Crippen LogP) is 2.17. The van der Waals surface area contributed by atoms with Crippen molar-refractivity contribution >= 4 is 0 Å². The number of rotatable bonds is 4. The van der Waals surface area contributed by atoms with Gasteiger partial charge in [0.2, 0.25) is 0 Å². The van der Waals surface area contributed by atoms with E-state index in [1.807, 2.05) is 0 Å². The van der Waals surface area contributed by atoms with Crippen molar-refractivity contribution in [3.8, 4) is 0 Å². The minimum Gasteiger partial charge on any atom is -0.394 e. The fourth-order valence-corrected chi connectivity index (χ4v) is 3.28. The first-order valence-corrected chi connectivity index (χ1v) is 6.49. The second-order valence-electron chi connectivity index (χ2n) is 6.12. The molecule has 88 valence electrons. The molecule has 0 radical (unpaired) electrons. The van der Waals surface area contributed by atoms with Crippen molar-refractivity contribution in [3.05, 3.63) is 0 Å². The lowest BCUT2D eigenvalue weighted by Gasteiger charge is -2.42. The van der Waals surface area contributed by atoms with Crippen LogP contribution in [0, 0.1) is 17.8 Å². The minimum absolute atomic E-state index is 0.0413. The summed E-state index contributed by atoms with van der Waals surface area (Å²) in [5.74, 6) is 2.42. The molecule has 15 heavy (non-hydrogen) atoms. The van der Waals surface area contributed by atoms with E-state index in [-0.39, 0.29) is 5.54 Å². The van der Waals surface area contributed by atoms with Crippen LogP contribution in [0.2, 0.25) is 0 Å². The Balaban J connectivity index is 1.91. The summed E-state index contributed by atoms with van der Waals surface area (Å²) in [7, 11) is 0. The van der Waals surface area contributed by atoms with Gasteiger partial charge in [0.05, 0.1) is 6.61 Å². The summed E-state index contributed by atoms with van der Waals surface area (Å²) in [6.07, 6.45) is 6.41. The van der Waals surface area contributed by atoms with E-state index in [0.717, 1.165) is 37.1 Å². The molecule has 2 atom stereocenters. The summed E-state index contributed by atoms with van der Waals surface area (Å²) in [6, 6.07) is 0. The van der Waals surface area contributed by atoms with Crippen molar-refractivity contribution in [2.45, 2.75) is 51.5 Å². The molecule has 2 aliphatic carbocycles. The van der Waals surface area contributed by atoms with Crippen LogP contribution < -0.4 is 5.32 Å². The smallest absolute Gasteiger partial charge is 0.0613 e. The second-order valence-corrected chi connectivity index (χ2v) is 6.12. The van der Waals surface area contributed by atoms with Crippen molar-refractivity contribution in [3.63, 3.8) is 0 Å². The van der Waals surface area contributed by atoms with Crippen LogP contribution in [0.3, 0.4) is 0 Å². The molecule has 2 saturated carbocycles. The first kappa shape index (κ1) is 11.4. The highest BCUT2D eigenvalue weighted by atomic mass is 16.3. The number of hydrogen-bond donors (Lipinski definition) is 2. The Bertz CT molecular complexity index is 203. The van der Waals surface area contributed by atoms with Crippen molar-refractivity contribution in [1.29, 1.82) is 0 Å². The maximum Gasteiger partial charge on any atom is 0.0613 e. The molecule has 0 saturated heterocycles. The van der Waals surface area contributed by atoms with Gasteiger partial charge in [-0.25, -0.2) is 0 Å². The molecule has 0 aromatic rings. The summed E-state index contributed by atoms with van der Waals surface area (Å²) in [4.78, 5) is 0. The molecule has 2 unspecified atom stereocenters. The fourth-order valence-electron chi connectivity index (χ4n) is 3.28. The van der Waals surface area contributed by atoms with E-state index in [4.69, 9.17) is 0 Å². The summed E-state index contributed by atoms with van der Waals surface area (Å²) >= 11 is 0. The molecule has 2 nitrogen and oxygen atoms in total. The Morgan fingerprint density at radius 2 is 1.80 bits per heavy atom. The fraction of sp³-hybridized carbons (Fsp3) is 1.00. The van der Waals surface area contributed by atoms with E-state index >= 15 is 0 Å². The molecular weight excluding hydrogens is 186 g/mol. The van der Waals surface area contributed by atoms with Crippen molar-refractivity contribution in [2.75, 3.05) is 13.2 Å². The van der Waals surface area contributed by atoms with Crippen molar-refractivity contribution < 1.29 is 5.11 Å². The van der Waals surface area contributed by atoms with E-state index in [1.165, 1.54) is 19.3 Å². The van der Waals surface area contributed by atoms with Crippen LogP contribution in [0.4, 0.5) is 0 Å². The van der Waals surface area contributed by atoms with Crippen LogP contribution in [0.1, 0.15) is 46.0 Å². The molecule has 2 aliphatic rings.